The number of para-hydroxylation sites is 1. The van der Waals surface area contributed by atoms with Gasteiger partial charge in [0.25, 0.3) is 0 Å². The molecule has 238 valence electrons. The first-order valence-corrected chi connectivity index (χ1v) is 17.8. The van der Waals surface area contributed by atoms with E-state index in [4.69, 9.17) is 5.10 Å². The normalized spacial score (nSPS) is 14.3. The maximum absolute atomic E-state index is 5.13. The SMILES string of the molecule is C1=c2ccccc2=CC(c2c3ccccc3c(-c3ccc4ccccc4c3)c3ccc(-c4cc5ccccc5n5nc6ccccc6c45)cc23)C1. The highest BCUT2D eigenvalue weighted by Crippen LogP contribution is 2.46. The molecule has 0 fully saturated rings. The maximum Gasteiger partial charge on any atom is 0.0934 e. The number of aromatic nitrogens is 2. The molecule has 0 N–H and O–H groups in total. The molecule has 2 nitrogen and oxygen atoms in total. The lowest BCUT2D eigenvalue weighted by atomic mass is 9.80. The molecule has 1 aliphatic rings. The average Bonchev–Trinajstić information content (AvgIpc) is 3.59. The molecule has 8 aromatic carbocycles. The summed E-state index contributed by atoms with van der Waals surface area (Å²) in [5.41, 5.74) is 9.59. The van der Waals surface area contributed by atoms with Crippen molar-refractivity contribution < 1.29 is 0 Å². The van der Waals surface area contributed by atoms with Gasteiger partial charge < -0.3 is 0 Å². The highest BCUT2D eigenvalue weighted by atomic mass is 15.2. The minimum atomic E-state index is 0.237. The third-order valence-corrected chi connectivity index (χ3v) is 11.1. The number of rotatable bonds is 3. The summed E-state index contributed by atoms with van der Waals surface area (Å²) in [6.07, 6.45) is 5.88. The van der Waals surface area contributed by atoms with E-state index in [0.717, 1.165) is 23.0 Å². The number of nitrogens with zero attached hydrogens (tertiary/aromatic N) is 2. The maximum atomic E-state index is 5.13. The Morgan fingerprint density at radius 3 is 2.08 bits per heavy atom. The van der Waals surface area contributed by atoms with Crippen molar-refractivity contribution in [3.63, 3.8) is 0 Å². The second-order valence-corrected chi connectivity index (χ2v) is 13.9. The molecule has 0 aliphatic heterocycles. The van der Waals surface area contributed by atoms with Crippen molar-refractivity contribution in [2.45, 2.75) is 12.3 Å². The van der Waals surface area contributed by atoms with Crippen LogP contribution in [0.2, 0.25) is 0 Å². The zero-order chi connectivity index (χ0) is 33.5. The standard InChI is InChI=1S/C49H32N2/c1-3-13-33-27-37(23-21-31(33)11-1)47-39-16-6-7-17-40(39)48(38-24-22-32-12-2-4-14-34(32)28-38)44-29-35(25-26-41(44)47)43-30-36-15-5-10-20-46(36)51-49(43)42-18-8-9-19-45(42)50-51/h1-23,25-30,38H,24H2. The van der Waals surface area contributed by atoms with Gasteiger partial charge >= 0.3 is 0 Å². The number of benzene rings is 8. The van der Waals surface area contributed by atoms with Crippen molar-refractivity contribution in [2.24, 2.45) is 0 Å². The zero-order valence-corrected chi connectivity index (χ0v) is 27.9. The monoisotopic (exact) mass is 648 g/mol. The van der Waals surface area contributed by atoms with Crippen LogP contribution in [0.3, 0.4) is 0 Å². The van der Waals surface area contributed by atoms with Crippen LogP contribution < -0.4 is 10.4 Å². The summed E-state index contributed by atoms with van der Waals surface area (Å²) < 4.78 is 2.15. The van der Waals surface area contributed by atoms with E-state index in [0.29, 0.717) is 0 Å². The van der Waals surface area contributed by atoms with E-state index in [1.807, 2.05) is 0 Å². The van der Waals surface area contributed by atoms with Crippen LogP contribution in [0.15, 0.2) is 164 Å². The quantitative estimate of drug-likeness (QED) is 0.174. The van der Waals surface area contributed by atoms with Crippen LogP contribution in [0.25, 0.3) is 94.0 Å². The third kappa shape index (κ3) is 4.33. The van der Waals surface area contributed by atoms with E-state index in [1.54, 1.807) is 0 Å². The molecular formula is C49H32N2. The number of fused-ring (bicyclic) bond motifs is 9. The van der Waals surface area contributed by atoms with Gasteiger partial charge in [-0.25, -0.2) is 4.52 Å². The molecule has 51 heavy (non-hydrogen) atoms. The van der Waals surface area contributed by atoms with Crippen LogP contribution in [0.4, 0.5) is 0 Å². The first kappa shape index (κ1) is 28.3. The van der Waals surface area contributed by atoms with Gasteiger partial charge in [-0.05, 0) is 102 Å². The van der Waals surface area contributed by atoms with Crippen LogP contribution >= 0.6 is 0 Å². The van der Waals surface area contributed by atoms with Crippen molar-refractivity contribution in [1.82, 2.24) is 9.61 Å². The van der Waals surface area contributed by atoms with Crippen molar-refractivity contribution in [1.29, 1.82) is 0 Å². The van der Waals surface area contributed by atoms with Gasteiger partial charge in [-0.1, -0.05) is 146 Å². The van der Waals surface area contributed by atoms with Crippen molar-refractivity contribution in [3.8, 4) is 22.3 Å². The Morgan fingerprint density at radius 1 is 0.490 bits per heavy atom. The van der Waals surface area contributed by atoms with Gasteiger partial charge in [-0.15, -0.1) is 0 Å². The van der Waals surface area contributed by atoms with Crippen LogP contribution in [0.5, 0.6) is 0 Å². The molecule has 1 aliphatic carbocycles. The van der Waals surface area contributed by atoms with E-state index < -0.39 is 0 Å². The van der Waals surface area contributed by atoms with E-state index in [-0.39, 0.29) is 5.92 Å². The van der Waals surface area contributed by atoms with Gasteiger partial charge in [0.1, 0.15) is 0 Å². The highest BCUT2D eigenvalue weighted by Gasteiger charge is 2.23. The summed E-state index contributed by atoms with van der Waals surface area (Å²) in [7, 11) is 0. The molecule has 0 saturated heterocycles. The molecule has 0 radical (unpaired) electrons. The number of hydrogen-bond acceptors (Lipinski definition) is 1. The van der Waals surface area contributed by atoms with Gasteiger partial charge in [-0.2, -0.15) is 5.10 Å². The zero-order valence-electron chi connectivity index (χ0n) is 27.9. The lowest BCUT2D eigenvalue weighted by Crippen LogP contribution is -2.27. The topological polar surface area (TPSA) is 17.3 Å². The van der Waals surface area contributed by atoms with Crippen LogP contribution in [-0.4, -0.2) is 9.61 Å². The summed E-state index contributed by atoms with van der Waals surface area (Å²) in [6, 6.07) is 60.1. The average molecular weight is 649 g/mol. The molecule has 2 aromatic heterocycles. The first-order valence-electron chi connectivity index (χ1n) is 17.8. The molecule has 0 saturated carbocycles. The van der Waals surface area contributed by atoms with E-state index in [1.165, 1.54) is 81.3 Å². The molecule has 0 amide bonds. The Hall–Kier alpha value is -6.51. The van der Waals surface area contributed by atoms with E-state index in [2.05, 4.69) is 180 Å². The fraction of sp³-hybridized carbons (Fsp3) is 0.0408. The lowest BCUT2D eigenvalue weighted by Gasteiger charge is -2.23. The molecule has 0 bridgehead atoms. The van der Waals surface area contributed by atoms with Gasteiger partial charge in [-0.3, -0.25) is 0 Å². The second-order valence-electron chi connectivity index (χ2n) is 13.9. The molecule has 2 heterocycles. The van der Waals surface area contributed by atoms with E-state index >= 15 is 0 Å². The Labute approximate surface area is 294 Å². The van der Waals surface area contributed by atoms with Crippen molar-refractivity contribution in [3.05, 3.63) is 180 Å². The second kappa shape index (κ2) is 11.0. The fourth-order valence-electron chi connectivity index (χ4n) is 8.74. The van der Waals surface area contributed by atoms with Crippen molar-refractivity contribution in [2.75, 3.05) is 0 Å². The van der Waals surface area contributed by atoms with Gasteiger partial charge in [0.05, 0.1) is 16.6 Å². The number of hydrogen-bond donors (Lipinski definition) is 0. The Morgan fingerprint density at radius 2 is 1.18 bits per heavy atom. The van der Waals surface area contributed by atoms with Crippen LogP contribution in [0.1, 0.15) is 17.9 Å². The summed E-state index contributed by atoms with van der Waals surface area (Å²) in [5, 5.41) is 17.8. The largest absolute Gasteiger partial charge is 0.231 e. The van der Waals surface area contributed by atoms with Gasteiger partial charge in [0.15, 0.2) is 0 Å². The summed E-state index contributed by atoms with van der Waals surface area (Å²) in [4.78, 5) is 0. The minimum Gasteiger partial charge on any atom is -0.231 e. The van der Waals surface area contributed by atoms with Crippen molar-refractivity contribution >= 4 is 71.8 Å². The molecule has 0 spiro atoms. The summed E-state index contributed by atoms with van der Waals surface area (Å²) in [6.45, 7) is 0. The molecule has 1 atom stereocenters. The summed E-state index contributed by atoms with van der Waals surface area (Å²) in [5.74, 6) is 0.237. The Kier molecular flexibility index (Phi) is 6.11. The molecule has 1 unspecified atom stereocenters. The van der Waals surface area contributed by atoms with Crippen LogP contribution in [0, 0.1) is 0 Å². The van der Waals surface area contributed by atoms with Crippen LogP contribution in [-0.2, 0) is 0 Å². The first-order chi connectivity index (χ1) is 25.3. The molecular weight excluding hydrogens is 617 g/mol. The number of pyridine rings is 1. The Balaban J connectivity index is 1.27. The fourth-order valence-corrected chi connectivity index (χ4v) is 8.74. The summed E-state index contributed by atoms with van der Waals surface area (Å²) >= 11 is 0. The minimum absolute atomic E-state index is 0.237. The third-order valence-electron chi connectivity index (χ3n) is 11.1. The Bertz CT molecular complexity index is 3180. The van der Waals surface area contributed by atoms with Gasteiger partial charge in [0.2, 0.25) is 0 Å². The van der Waals surface area contributed by atoms with Gasteiger partial charge in [0, 0.05) is 22.3 Å². The van der Waals surface area contributed by atoms with E-state index in [9.17, 15) is 0 Å². The molecule has 2 heteroatoms. The highest BCUT2D eigenvalue weighted by molar-refractivity contribution is 6.17. The predicted molar refractivity (Wildman–Crippen MR) is 216 cm³/mol. The lowest BCUT2D eigenvalue weighted by molar-refractivity contribution is 0.940. The molecule has 10 aromatic rings. The smallest absolute Gasteiger partial charge is 0.0934 e. The predicted octanol–water partition coefficient (Wildman–Crippen LogP) is 11.2. The molecule has 11 rings (SSSR count).